The lowest BCUT2D eigenvalue weighted by Gasteiger charge is -2.17. The Hall–Kier alpha value is -0.540. The van der Waals surface area contributed by atoms with Gasteiger partial charge in [-0.25, -0.2) is 0 Å². The molecule has 0 spiro atoms. The van der Waals surface area contributed by atoms with Crippen LogP contribution in [0.4, 0.5) is 0 Å². The zero-order valence-electron chi connectivity index (χ0n) is 10.6. The molecule has 1 heterocycles. The van der Waals surface area contributed by atoms with Gasteiger partial charge in [0.1, 0.15) is 0 Å². The molecule has 0 radical (unpaired) electrons. The highest BCUT2D eigenvalue weighted by Crippen LogP contribution is 2.37. The number of hydrogen-bond donors (Lipinski definition) is 1. The number of rotatable bonds is 3. The highest BCUT2D eigenvalue weighted by Gasteiger charge is 2.18. The zero-order chi connectivity index (χ0) is 13.3. The van der Waals surface area contributed by atoms with Crippen molar-refractivity contribution >= 4 is 34.5 Å². The molecule has 2 aromatic rings. The minimum atomic E-state index is 0.0838. The zero-order valence-corrected chi connectivity index (χ0v) is 12.9. The minimum Gasteiger partial charge on any atom is -0.309 e. The average molecular weight is 300 g/mol. The standard InChI is InChI=1S/C14H15Cl2NS/c1-8-4-5-10(6-9(8)2)13(17-3)11-7-12(15)18-14(11)16/h4-7,13,17H,1-3H3. The van der Waals surface area contributed by atoms with Crippen LogP contribution in [-0.4, -0.2) is 7.05 Å². The van der Waals surface area contributed by atoms with E-state index in [1.54, 1.807) is 0 Å². The van der Waals surface area contributed by atoms with E-state index in [-0.39, 0.29) is 6.04 Å². The van der Waals surface area contributed by atoms with Crippen molar-refractivity contribution in [2.75, 3.05) is 7.05 Å². The van der Waals surface area contributed by atoms with Gasteiger partial charge in [0, 0.05) is 5.56 Å². The summed E-state index contributed by atoms with van der Waals surface area (Å²) in [5.74, 6) is 0. The highest BCUT2D eigenvalue weighted by molar-refractivity contribution is 7.20. The first-order valence-electron chi connectivity index (χ1n) is 5.72. The summed E-state index contributed by atoms with van der Waals surface area (Å²) in [5.41, 5.74) is 4.82. The number of thiophene rings is 1. The smallest absolute Gasteiger partial charge is 0.0995 e. The quantitative estimate of drug-likeness (QED) is 0.843. The molecule has 1 unspecified atom stereocenters. The van der Waals surface area contributed by atoms with Gasteiger partial charge in [0.25, 0.3) is 0 Å². The summed E-state index contributed by atoms with van der Waals surface area (Å²) in [5, 5.41) is 3.30. The van der Waals surface area contributed by atoms with Crippen LogP contribution in [0.15, 0.2) is 24.3 Å². The van der Waals surface area contributed by atoms with Gasteiger partial charge in [-0.05, 0) is 43.7 Å². The van der Waals surface area contributed by atoms with Crippen molar-refractivity contribution in [3.05, 3.63) is 55.2 Å². The Labute approximate surface area is 122 Å². The first-order valence-corrected chi connectivity index (χ1v) is 7.29. The van der Waals surface area contributed by atoms with Gasteiger partial charge < -0.3 is 5.32 Å². The Balaban J connectivity index is 2.45. The Morgan fingerprint density at radius 2 is 1.83 bits per heavy atom. The maximum Gasteiger partial charge on any atom is 0.0995 e. The molecule has 4 heteroatoms. The lowest BCUT2D eigenvalue weighted by Crippen LogP contribution is -2.17. The monoisotopic (exact) mass is 299 g/mol. The second kappa shape index (κ2) is 5.62. The predicted molar refractivity (Wildman–Crippen MR) is 81.2 cm³/mol. The summed E-state index contributed by atoms with van der Waals surface area (Å²) in [6.07, 6.45) is 0. The topological polar surface area (TPSA) is 12.0 Å². The van der Waals surface area contributed by atoms with E-state index in [1.165, 1.54) is 28.0 Å². The minimum absolute atomic E-state index is 0.0838. The molecule has 1 aromatic heterocycles. The van der Waals surface area contributed by atoms with E-state index in [1.807, 2.05) is 13.1 Å². The van der Waals surface area contributed by atoms with Gasteiger partial charge in [0.15, 0.2) is 0 Å². The van der Waals surface area contributed by atoms with E-state index in [4.69, 9.17) is 23.2 Å². The van der Waals surface area contributed by atoms with Gasteiger partial charge in [-0.1, -0.05) is 41.4 Å². The largest absolute Gasteiger partial charge is 0.309 e. The molecule has 1 atom stereocenters. The van der Waals surface area contributed by atoms with Crippen LogP contribution in [0.5, 0.6) is 0 Å². The Kier molecular flexibility index (Phi) is 4.33. The molecule has 0 saturated carbocycles. The fourth-order valence-corrected chi connectivity index (χ4v) is 3.53. The summed E-state index contributed by atoms with van der Waals surface area (Å²) in [7, 11) is 1.93. The van der Waals surface area contributed by atoms with Crippen LogP contribution in [-0.2, 0) is 0 Å². The molecule has 1 N–H and O–H groups in total. The number of aryl methyl sites for hydroxylation is 2. The van der Waals surface area contributed by atoms with Gasteiger partial charge in [-0.3, -0.25) is 0 Å². The number of hydrogen-bond acceptors (Lipinski definition) is 2. The average Bonchev–Trinajstić information content (AvgIpc) is 2.64. The van der Waals surface area contributed by atoms with Crippen molar-refractivity contribution in [1.29, 1.82) is 0 Å². The molecule has 2 rings (SSSR count). The molecule has 18 heavy (non-hydrogen) atoms. The maximum atomic E-state index is 6.23. The summed E-state index contributed by atoms with van der Waals surface area (Å²) in [4.78, 5) is 0. The van der Waals surface area contributed by atoms with Crippen LogP contribution in [0.3, 0.4) is 0 Å². The Morgan fingerprint density at radius 3 is 2.33 bits per heavy atom. The summed E-state index contributed by atoms with van der Waals surface area (Å²) >= 11 is 13.7. The van der Waals surface area contributed by atoms with Crippen molar-refractivity contribution in [3.63, 3.8) is 0 Å². The molecule has 0 saturated heterocycles. The Bertz CT molecular complexity index is 563. The summed E-state index contributed by atoms with van der Waals surface area (Å²) < 4.78 is 1.47. The van der Waals surface area contributed by atoms with Crippen LogP contribution in [0.25, 0.3) is 0 Å². The van der Waals surface area contributed by atoms with E-state index in [9.17, 15) is 0 Å². The summed E-state index contributed by atoms with van der Waals surface area (Å²) in [6.45, 7) is 4.23. The van der Waals surface area contributed by atoms with Crippen molar-refractivity contribution in [1.82, 2.24) is 5.32 Å². The third-order valence-corrected chi connectivity index (χ3v) is 4.67. The number of nitrogens with one attached hydrogen (secondary N) is 1. The molecule has 0 aliphatic carbocycles. The Morgan fingerprint density at radius 1 is 1.11 bits per heavy atom. The molecule has 0 bridgehead atoms. The van der Waals surface area contributed by atoms with Gasteiger partial charge in [0.05, 0.1) is 14.7 Å². The van der Waals surface area contributed by atoms with Crippen molar-refractivity contribution < 1.29 is 0 Å². The maximum absolute atomic E-state index is 6.23. The molecule has 0 fully saturated rings. The van der Waals surface area contributed by atoms with Crippen LogP contribution in [0.2, 0.25) is 8.67 Å². The van der Waals surface area contributed by atoms with E-state index in [0.717, 1.165) is 14.2 Å². The van der Waals surface area contributed by atoms with Crippen LogP contribution in [0.1, 0.15) is 28.3 Å². The van der Waals surface area contributed by atoms with Gasteiger partial charge in [-0.2, -0.15) is 0 Å². The molecular weight excluding hydrogens is 285 g/mol. The molecule has 1 aromatic carbocycles. The summed E-state index contributed by atoms with van der Waals surface area (Å²) in [6, 6.07) is 8.48. The van der Waals surface area contributed by atoms with Crippen molar-refractivity contribution in [2.45, 2.75) is 19.9 Å². The van der Waals surface area contributed by atoms with E-state index < -0.39 is 0 Å². The molecule has 0 amide bonds. The van der Waals surface area contributed by atoms with E-state index in [0.29, 0.717) is 0 Å². The van der Waals surface area contributed by atoms with Crippen LogP contribution < -0.4 is 5.32 Å². The molecule has 1 nitrogen and oxygen atoms in total. The predicted octanol–water partition coefficient (Wildman–Crippen LogP) is 4.98. The second-order valence-corrected chi connectivity index (χ2v) is 6.63. The molecular formula is C14H15Cl2NS. The normalized spacial score (nSPS) is 12.7. The van der Waals surface area contributed by atoms with Crippen molar-refractivity contribution in [2.24, 2.45) is 0 Å². The van der Waals surface area contributed by atoms with E-state index >= 15 is 0 Å². The fourth-order valence-electron chi connectivity index (χ4n) is 2.00. The fraction of sp³-hybridized carbons (Fsp3) is 0.286. The van der Waals surface area contributed by atoms with Crippen LogP contribution in [0, 0.1) is 13.8 Å². The first-order chi connectivity index (χ1) is 8.52. The van der Waals surface area contributed by atoms with Crippen molar-refractivity contribution in [3.8, 4) is 0 Å². The molecule has 0 aliphatic heterocycles. The highest BCUT2D eigenvalue weighted by atomic mass is 35.5. The molecule has 96 valence electrons. The number of benzene rings is 1. The molecule has 0 aliphatic rings. The van der Waals surface area contributed by atoms with Gasteiger partial charge >= 0.3 is 0 Å². The SMILES string of the molecule is CNC(c1ccc(C)c(C)c1)c1cc(Cl)sc1Cl. The lowest BCUT2D eigenvalue weighted by atomic mass is 9.97. The van der Waals surface area contributed by atoms with Gasteiger partial charge in [-0.15, -0.1) is 11.3 Å². The first kappa shape index (κ1) is 13.9. The lowest BCUT2D eigenvalue weighted by molar-refractivity contribution is 0.693. The van der Waals surface area contributed by atoms with Gasteiger partial charge in [0.2, 0.25) is 0 Å². The third kappa shape index (κ3) is 2.72. The van der Waals surface area contributed by atoms with E-state index in [2.05, 4.69) is 37.4 Å². The second-order valence-electron chi connectivity index (χ2n) is 4.34. The number of halogens is 2. The third-order valence-electron chi connectivity index (χ3n) is 3.15. The van der Waals surface area contributed by atoms with Crippen LogP contribution >= 0.6 is 34.5 Å².